The van der Waals surface area contributed by atoms with E-state index < -0.39 is 5.79 Å². The van der Waals surface area contributed by atoms with Crippen molar-refractivity contribution in [3.63, 3.8) is 0 Å². The van der Waals surface area contributed by atoms with E-state index in [0.29, 0.717) is 24.8 Å². The fraction of sp³-hybridized carbons (Fsp3) is 0.857. The number of nitrogens with one attached hydrogen (secondary N) is 2. The largest absolute Gasteiger partial charge is 0.363 e. The molecule has 1 saturated heterocycles. The van der Waals surface area contributed by atoms with Crippen molar-refractivity contribution >= 4 is 5.91 Å². The highest BCUT2D eigenvalue weighted by molar-refractivity contribution is 5.76. The van der Waals surface area contributed by atoms with Crippen molar-refractivity contribution in [2.45, 2.75) is 77.5 Å². The van der Waals surface area contributed by atoms with Gasteiger partial charge in [-0.2, -0.15) is 0 Å². The first-order valence-corrected chi connectivity index (χ1v) is 10.5. The van der Waals surface area contributed by atoms with Crippen LogP contribution in [0, 0.1) is 17.8 Å². The lowest BCUT2D eigenvalue weighted by molar-refractivity contribution is -0.402. The zero-order valence-corrected chi connectivity index (χ0v) is 18.1. The lowest BCUT2D eigenvalue weighted by atomic mass is 9.91. The molecule has 2 fully saturated rings. The van der Waals surface area contributed by atoms with Crippen molar-refractivity contribution < 1.29 is 20.0 Å². The number of piperidine rings is 1. The Bertz CT molecular complexity index is 496. The van der Waals surface area contributed by atoms with Gasteiger partial charge in [-0.15, -0.1) is 0 Å². The average molecular weight is 400 g/mol. The van der Waals surface area contributed by atoms with Crippen LogP contribution in [0.25, 0.3) is 0 Å². The number of aliphatic hydroxyl groups is 1. The summed E-state index contributed by atoms with van der Waals surface area (Å²) in [5.41, 5.74) is 6.72. The molecule has 2 rings (SSSR count). The monoisotopic (exact) mass is 399 g/mol. The predicted octanol–water partition coefficient (Wildman–Crippen LogP) is 2.41. The van der Waals surface area contributed by atoms with Crippen LogP contribution in [0.3, 0.4) is 0 Å². The van der Waals surface area contributed by atoms with E-state index in [1.165, 1.54) is 12.5 Å². The lowest BCUT2D eigenvalue weighted by Gasteiger charge is -2.28. The van der Waals surface area contributed by atoms with Gasteiger partial charge in [-0.05, 0) is 77.8 Å². The fourth-order valence-electron chi connectivity index (χ4n) is 3.44. The standard InChI is InChI=1S/C11H23N3O.C10H18O3/c1-11(2,12)8-14-10(15)7-9-3-5-13-6-4-9;1-4-9(10(3,11)13-12)6-8-5-7(8)2/h9,13H,3-8,12H2,1-2H3,(H,14,15);8-9,11-12H,2,4-6H2,1,3H3/t;8?,9?,10-/m.1/s1. The van der Waals surface area contributed by atoms with Gasteiger partial charge in [0.2, 0.25) is 5.91 Å². The van der Waals surface area contributed by atoms with E-state index in [9.17, 15) is 9.90 Å². The Labute approximate surface area is 170 Å². The molecule has 7 nitrogen and oxygen atoms in total. The van der Waals surface area contributed by atoms with Gasteiger partial charge in [-0.25, -0.2) is 10.1 Å². The van der Waals surface area contributed by atoms with E-state index in [4.69, 9.17) is 11.0 Å². The zero-order chi connectivity index (χ0) is 21.4. The summed E-state index contributed by atoms with van der Waals surface area (Å²) in [5.74, 6) is -0.238. The van der Waals surface area contributed by atoms with Gasteiger partial charge in [0.25, 0.3) is 0 Å². The molecule has 1 saturated carbocycles. The van der Waals surface area contributed by atoms with Gasteiger partial charge < -0.3 is 21.5 Å². The molecule has 0 radical (unpaired) electrons. The third kappa shape index (κ3) is 9.98. The Morgan fingerprint density at radius 3 is 2.39 bits per heavy atom. The van der Waals surface area contributed by atoms with Gasteiger partial charge in [0.15, 0.2) is 5.79 Å². The van der Waals surface area contributed by atoms with Crippen molar-refractivity contribution in [1.82, 2.24) is 10.6 Å². The van der Waals surface area contributed by atoms with Crippen LogP contribution in [-0.4, -0.2) is 47.2 Å². The van der Waals surface area contributed by atoms with Crippen molar-refractivity contribution in [2.24, 2.45) is 23.5 Å². The zero-order valence-electron chi connectivity index (χ0n) is 18.1. The second-order valence-corrected chi connectivity index (χ2v) is 9.21. The van der Waals surface area contributed by atoms with E-state index in [1.54, 1.807) is 0 Å². The SMILES string of the molecule is C=C1CC1CC(CC)[C@](C)(O)OO.CC(C)(N)CNC(=O)CC1CCNCC1. The number of amides is 1. The van der Waals surface area contributed by atoms with Gasteiger partial charge in [-0.3, -0.25) is 4.79 Å². The summed E-state index contributed by atoms with van der Waals surface area (Å²) < 4.78 is 0. The Balaban J connectivity index is 0.000000283. The molecule has 1 heterocycles. The molecule has 0 aromatic carbocycles. The van der Waals surface area contributed by atoms with E-state index in [-0.39, 0.29) is 17.4 Å². The molecule has 3 atom stereocenters. The van der Waals surface area contributed by atoms with Crippen molar-refractivity contribution in [3.05, 3.63) is 12.2 Å². The first kappa shape index (κ1) is 25.0. The van der Waals surface area contributed by atoms with Crippen LogP contribution in [-0.2, 0) is 9.68 Å². The van der Waals surface area contributed by atoms with Gasteiger partial charge in [0, 0.05) is 24.4 Å². The number of hydrogen-bond donors (Lipinski definition) is 5. The van der Waals surface area contributed by atoms with E-state index in [1.807, 2.05) is 20.8 Å². The Hall–Kier alpha value is -0.990. The summed E-state index contributed by atoms with van der Waals surface area (Å²) in [7, 11) is 0. The van der Waals surface area contributed by atoms with Crippen LogP contribution >= 0.6 is 0 Å². The lowest BCUT2D eigenvalue weighted by Crippen LogP contribution is -2.45. The summed E-state index contributed by atoms with van der Waals surface area (Å²) in [6, 6.07) is 0. The Morgan fingerprint density at radius 2 is 1.96 bits per heavy atom. The minimum Gasteiger partial charge on any atom is -0.363 e. The number of hydrogen-bond acceptors (Lipinski definition) is 6. The fourth-order valence-corrected chi connectivity index (χ4v) is 3.44. The summed E-state index contributed by atoms with van der Waals surface area (Å²) in [6.45, 7) is 13.8. The third-order valence-electron chi connectivity index (χ3n) is 5.60. The molecular formula is C21H41N3O4. The second-order valence-electron chi connectivity index (χ2n) is 9.21. The number of nitrogens with two attached hydrogens (primary N) is 1. The Morgan fingerprint density at radius 1 is 1.39 bits per heavy atom. The van der Waals surface area contributed by atoms with E-state index in [2.05, 4.69) is 22.1 Å². The van der Waals surface area contributed by atoms with Crippen LogP contribution in [0.5, 0.6) is 0 Å². The van der Waals surface area contributed by atoms with Crippen LogP contribution in [0.1, 0.15) is 66.2 Å². The number of carbonyl (C=O) groups is 1. The summed E-state index contributed by atoms with van der Waals surface area (Å²) in [4.78, 5) is 15.7. The molecule has 0 bridgehead atoms. The van der Waals surface area contributed by atoms with Crippen LogP contribution < -0.4 is 16.4 Å². The highest BCUT2D eigenvalue weighted by atomic mass is 17.1. The first-order valence-electron chi connectivity index (χ1n) is 10.5. The van der Waals surface area contributed by atoms with Gasteiger partial charge in [0.05, 0.1) is 0 Å². The Kier molecular flexibility index (Phi) is 10.1. The highest BCUT2D eigenvalue weighted by Crippen LogP contribution is 2.43. The number of rotatable bonds is 9. The highest BCUT2D eigenvalue weighted by Gasteiger charge is 2.38. The maximum atomic E-state index is 11.6. The molecule has 1 aliphatic heterocycles. The minimum absolute atomic E-state index is 0.0262. The molecule has 28 heavy (non-hydrogen) atoms. The molecule has 0 aromatic rings. The molecule has 2 unspecified atom stereocenters. The molecule has 6 N–H and O–H groups in total. The maximum Gasteiger partial charge on any atom is 0.220 e. The molecular weight excluding hydrogens is 358 g/mol. The van der Waals surface area contributed by atoms with Crippen LogP contribution in [0.4, 0.5) is 0 Å². The molecule has 1 aliphatic carbocycles. The smallest absolute Gasteiger partial charge is 0.220 e. The van der Waals surface area contributed by atoms with Gasteiger partial charge in [-0.1, -0.05) is 19.1 Å². The molecule has 0 spiro atoms. The van der Waals surface area contributed by atoms with Crippen LogP contribution in [0.2, 0.25) is 0 Å². The summed E-state index contributed by atoms with van der Waals surface area (Å²) in [5, 5.41) is 24.3. The van der Waals surface area contributed by atoms with Crippen molar-refractivity contribution in [3.8, 4) is 0 Å². The number of allylic oxidation sites excluding steroid dienone is 1. The minimum atomic E-state index is -1.42. The van der Waals surface area contributed by atoms with Crippen molar-refractivity contribution in [1.29, 1.82) is 0 Å². The molecule has 0 aromatic heterocycles. The molecule has 164 valence electrons. The second kappa shape index (κ2) is 11.3. The van der Waals surface area contributed by atoms with Crippen molar-refractivity contribution in [2.75, 3.05) is 19.6 Å². The quantitative estimate of drug-likeness (QED) is 0.176. The number of carbonyl (C=O) groups excluding carboxylic acids is 1. The third-order valence-corrected chi connectivity index (χ3v) is 5.60. The van der Waals surface area contributed by atoms with Crippen LogP contribution in [0.15, 0.2) is 12.2 Å². The first-order chi connectivity index (χ1) is 13.0. The van der Waals surface area contributed by atoms with Gasteiger partial charge in [0.1, 0.15) is 0 Å². The topological polar surface area (TPSA) is 117 Å². The molecule has 7 heteroatoms. The van der Waals surface area contributed by atoms with E-state index in [0.717, 1.165) is 45.2 Å². The molecule has 1 amide bonds. The average Bonchev–Trinajstić information content (AvgIpc) is 3.33. The summed E-state index contributed by atoms with van der Waals surface area (Å²) in [6.07, 6.45) is 5.56. The summed E-state index contributed by atoms with van der Waals surface area (Å²) >= 11 is 0. The predicted molar refractivity (Wildman–Crippen MR) is 111 cm³/mol. The van der Waals surface area contributed by atoms with E-state index >= 15 is 0 Å². The molecule has 2 aliphatic rings. The normalized spacial score (nSPS) is 23.2. The maximum absolute atomic E-state index is 11.6. The van der Waals surface area contributed by atoms with Gasteiger partial charge >= 0.3 is 0 Å².